The SMILES string of the molecule is NOCCc1ccc(OCc2ccccc2)c(OCc2ccccc2)c1. The zero-order chi connectivity index (χ0) is 18.0. The number of hydrogen-bond acceptors (Lipinski definition) is 4. The van der Waals surface area contributed by atoms with Gasteiger partial charge in [0, 0.05) is 0 Å². The Morgan fingerprint density at radius 1 is 0.615 bits per heavy atom. The maximum Gasteiger partial charge on any atom is 0.161 e. The molecule has 0 aliphatic carbocycles. The van der Waals surface area contributed by atoms with Gasteiger partial charge in [0.25, 0.3) is 0 Å². The second-order valence-electron chi connectivity index (χ2n) is 5.95. The minimum atomic E-state index is 0.461. The summed E-state index contributed by atoms with van der Waals surface area (Å²) >= 11 is 0. The molecule has 4 heteroatoms. The summed E-state index contributed by atoms with van der Waals surface area (Å²) in [5, 5.41) is 0. The monoisotopic (exact) mass is 349 g/mol. The molecule has 2 N–H and O–H groups in total. The van der Waals surface area contributed by atoms with Crippen molar-refractivity contribution in [1.82, 2.24) is 0 Å². The molecule has 0 bridgehead atoms. The van der Waals surface area contributed by atoms with Gasteiger partial charge in [0.1, 0.15) is 13.2 Å². The molecule has 0 aliphatic heterocycles. The third kappa shape index (κ3) is 5.34. The molecular formula is C22H23NO3. The van der Waals surface area contributed by atoms with Gasteiger partial charge in [-0.15, -0.1) is 0 Å². The van der Waals surface area contributed by atoms with Crippen LogP contribution in [0.25, 0.3) is 0 Å². The predicted molar refractivity (Wildman–Crippen MR) is 102 cm³/mol. The lowest BCUT2D eigenvalue weighted by molar-refractivity contribution is 0.141. The van der Waals surface area contributed by atoms with Crippen molar-refractivity contribution in [2.24, 2.45) is 5.90 Å². The number of benzene rings is 3. The van der Waals surface area contributed by atoms with Crippen molar-refractivity contribution in [2.75, 3.05) is 6.61 Å². The molecule has 0 saturated carbocycles. The molecule has 0 amide bonds. The van der Waals surface area contributed by atoms with Crippen LogP contribution >= 0.6 is 0 Å². The molecule has 0 saturated heterocycles. The summed E-state index contributed by atoms with van der Waals surface area (Å²) in [4.78, 5) is 4.68. The first-order valence-corrected chi connectivity index (χ1v) is 8.63. The highest BCUT2D eigenvalue weighted by atomic mass is 16.6. The molecule has 0 heterocycles. The first-order chi connectivity index (χ1) is 12.8. The van der Waals surface area contributed by atoms with Crippen molar-refractivity contribution < 1.29 is 14.3 Å². The van der Waals surface area contributed by atoms with E-state index >= 15 is 0 Å². The minimum Gasteiger partial charge on any atom is -0.485 e. The summed E-state index contributed by atoms with van der Waals surface area (Å²) in [6.45, 7) is 1.44. The van der Waals surface area contributed by atoms with E-state index < -0.39 is 0 Å². The van der Waals surface area contributed by atoms with Gasteiger partial charge in [-0.25, -0.2) is 5.90 Å². The van der Waals surface area contributed by atoms with Crippen LogP contribution in [0.1, 0.15) is 16.7 Å². The summed E-state index contributed by atoms with van der Waals surface area (Å²) in [5.41, 5.74) is 3.31. The Kier molecular flexibility index (Phi) is 6.65. The standard InChI is InChI=1S/C22H23NO3/c23-26-14-13-18-11-12-21(24-16-19-7-3-1-4-8-19)22(15-18)25-17-20-9-5-2-6-10-20/h1-12,15H,13-14,16-17,23H2. The molecule has 4 nitrogen and oxygen atoms in total. The number of ether oxygens (including phenoxy) is 2. The number of hydrogen-bond donors (Lipinski definition) is 1. The minimum absolute atomic E-state index is 0.461. The van der Waals surface area contributed by atoms with Crippen molar-refractivity contribution in [3.05, 3.63) is 95.6 Å². The fourth-order valence-electron chi connectivity index (χ4n) is 2.59. The summed E-state index contributed by atoms with van der Waals surface area (Å²) in [6.07, 6.45) is 0.719. The normalized spacial score (nSPS) is 10.5. The van der Waals surface area contributed by atoms with Crippen LogP contribution in [0.4, 0.5) is 0 Å². The number of rotatable bonds is 9. The summed E-state index contributed by atoms with van der Waals surface area (Å²) in [5.74, 6) is 6.58. The lowest BCUT2D eigenvalue weighted by Crippen LogP contribution is -2.05. The highest BCUT2D eigenvalue weighted by molar-refractivity contribution is 5.43. The summed E-state index contributed by atoms with van der Waals surface area (Å²) < 4.78 is 12.0. The Hall–Kier alpha value is -2.82. The molecule has 0 spiro atoms. The van der Waals surface area contributed by atoms with Gasteiger partial charge in [-0.3, -0.25) is 0 Å². The fraction of sp³-hybridized carbons (Fsp3) is 0.182. The Balaban J connectivity index is 1.73. The zero-order valence-corrected chi connectivity index (χ0v) is 14.6. The Bertz CT molecular complexity index is 791. The lowest BCUT2D eigenvalue weighted by atomic mass is 10.1. The van der Waals surface area contributed by atoms with Crippen LogP contribution in [0.5, 0.6) is 11.5 Å². The zero-order valence-electron chi connectivity index (χ0n) is 14.6. The smallest absolute Gasteiger partial charge is 0.161 e. The van der Waals surface area contributed by atoms with E-state index in [1.165, 1.54) is 0 Å². The molecule has 0 atom stereocenters. The highest BCUT2D eigenvalue weighted by Crippen LogP contribution is 2.30. The van der Waals surface area contributed by atoms with Gasteiger partial charge in [0.2, 0.25) is 0 Å². The molecule has 0 unspecified atom stereocenters. The van der Waals surface area contributed by atoms with E-state index in [1.54, 1.807) is 0 Å². The van der Waals surface area contributed by atoms with E-state index in [0.29, 0.717) is 19.8 Å². The molecule has 26 heavy (non-hydrogen) atoms. The van der Waals surface area contributed by atoms with Crippen molar-refractivity contribution >= 4 is 0 Å². The van der Waals surface area contributed by atoms with Crippen molar-refractivity contribution in [3.8, 4) is 11.5 Å². The van der Waals surface area contributed by atoms with Crippen LogP contribution in [0.15, 0.2) is 78.9 Å². The van der Waals surface area contributed by atoms with Gasteiger partial charge >= 0.3 is 0 Å². The van der Waals surface area contributed by atoms with E-state index in [9.17, 15) is 0 Å². The maximum absolute atomic E-state index is 6.04. The van der Waals surface area contributed by atoms with Crippen molar-refractivity contribution in [2.45, 2.75) is 19.6 Å². The van der Waals surface area contributed by atoms with Crippen LogP contribution in [0.2, 0.25) is 0 Å². The molecular weight excluding hydrogens is 326 g/mol. The van der Waals surface area contributed by atoms with E-state index in [2.05, 4.69) is 4.84 Å². The van der Waals surface area contributed by atoms with Gasteiger partial charge in [-0.2, -0.15) is 0 Å². The molecule has 0 radical (unpaired) electrons. The van der Waals surface area contributed by atoms with Gasteiger partial charge in [-0.05, 0) is 35.2 Å². The Morgan fingerprint density at radius 2 is 1.19 bits per heavy atom. The topological polar surface area (TPSA) is 53.7 Å². The van der Waals surface area contributed by atoms with Crippen LogP contribution in [0.3, 0.4) is 0 Å². The van der Waals surface area contributed by atoms with Gasteiger partial charge in [0.05, 0.1) is 6.61 Å². The third-order valence-corrected chi connectivity index (χ3v) is 3.99. The average Bonchev–Trinajstić information content (AvgIpc) is 2.71. The van der Waals surface area contributed by atoms with E-state index in [4.69, 9.17) is 15.4 Å². The third-order valence-electron chi connectivity index (χ3n) is 3.99. The first kappa shape index (κ1) is 18.0. The quantitative estimate of drug-likeness (QED) is 0.586. The molecule has 3 aromatic rings. The van der Waals surface area contributed by atoms with E-state index in [0.717, 1.165) is 34.6 Å². The van der Waals surface area contributed by atoms with Crippen LogP contribution in [-0.4, -0.2) is 6.61 Å². The molecule has 0 aromatic heterocycles. The van der Waals surface area contributed by atoms with Crippen LogP contribution in [0, 0.1) is 0 Å². The number of nitrogens with two attached hydrogens (primary N) is 1. The summed E-state index contributed by atoms with van der Waals surface area (Å²) in [7, 11) is 0. The van der Waals surface area contributed by atoms with Crippen molar-refractivity contribution in [3.63, 3.8) is 0 Å². The highest BCUT2D eigenvalue weighted by Gasteiger charge is 2.08. The Labute approximate surface area is 154 Å². The van der Waals surface area contributed by atoms with Gasteiger partial charge in [-0.1, -0.05) is 66.7 Å². The van der Waals surface area contributed by atoms with Crippen molar-refractivity contribution in [1.29, 1.82) is 0 Å². The second kappa shape index (κ2) is 9.61. The molecule has 0 fully saturated rings. The lowest BCUT2D eigenvalue weighted by Gasteiger charge is -2.14. The first-order valence-electron chi connectivity index (χ1n) is 8.63. The summed E-state index contributed by atoms with van der Waals surface area (Å²) in [6, 6.07) is 26.1. The van der Waals surface area contributed by atoms with Gasteiger partial charge in [0.15, 0.2) is 11.5 Å². The van der Waals surface area contributed by atoms with E-state index in [1.807, 2.05) is 78.9 Å². The molecule has 3 aromatic carbocycles. The van der Waals surface area contributed by atoms with E-state index in [-0.39, 0.29) is 0 Å². The van der Waals surface area contributed by atoms with Crippen LogP contribution < -0.4 is 15.4 Å². The average molecular weight is 349 g/mol. The fourth-order valence-corrected chi connectivity index (χ4v) is 2.59. The molecule has 134 valence electrons. The van der Waals surface area contributed by atoms with Crippen LogP contribution in [-0.2, 0) is 24.5 Å². The maximum atomic E-state index is 6.04. The largest absolute Gasteiger partial charge is 0.485 e. The van der Waals surface area contributed by atoms with Gasteiger partial charge < -0.3 is 14.3 Å². The second-order valence-corrected chi connectivity index (χ2v) is 5.95. The Morgan fingerprint density at radius 3 is 1.77 bits per heavy atom. The predicted octanol–water partition coefficient (Wildman–Crippen LogP) is 4.28. The molecule has 3 rings (SSSR count). The molecule has 0 aliphatic rings.